The molecule has 1 aliphatic rings. The number of anilines is 2. The number of piperidine rings is 1. The van der Waals surface area contributed by atoms with Crippen LogP contribution in [0, 0.1) is 0 Å². The van der Waals surface area contributed by atoms with Crippen molar-refractivity contribution in [2.24, 2.45) is 0 Å². The van der Waals surface area contributed by atoms with E-state index in [4.69, 9.17) is 10.5 Å². The Labute approximate surface area is 129 Å². The summed E-state index contributed by atoms with van der Waals surface area (Å²) in [7, 11) is 1.72. The lowest BCUT2D eigenvalue weighted by atomic mass is 10.1. The van der Waals surface area contributed by atoms with E-state index in [2.05, 4.69) is 10.3 Å². The second-order valence-corrected chi connectivity index (χ2v) is 7.33. The molecule has 0 aliphatic carbocycles. The highest BCUT2D eigenvalue weighted by Crippen LogP contribution is 2.29. The molecule has 1 aromatic rings. The number of nitrogen functional groups attached to an aromatic ring is 1. The molecule has 21 heavy (non-hydrogen) atoms. The van der Waals surface area contributed by atoms with Gasteiger partial charge in [-0.1, -0.05) is 11.3 Å². The summed E-state index contributed by atoms with van der Waals surface area (Å²) in [4.78, 5) is 19.2. The molecular formula is C14H24N4O2S. The van der Waals surface area contributed by atoms with Crippen LogP contribution in [0.3, 0.4) is 0 Å². The molecule has 1 fully saturated rings. The van der Waals surface area contributed by atoms with E-state index in [1.165, 1.54) is 11.3 Å². The summed E-state index contributed by atoms with van der Waals surface area (Å²) in [5.41, 5.74) is 5.80. The Kier molecular flexibility index (Phi) is 4.73. The van der Waals surface area contributed by atoms with Crippen LogP contribution in [0.2, 0.25) is 0 Å². The molecule has 0 aromatic carbocycles. The number of nitrogens with one attached hydrogen (secondary N) is 1. The van der Waals surface area contributed by atoms with Crippen molar-refractivity contribution < 1.29 is 9.53 Å². The van der Waals surface area contributed by atoms with E-state index in [0.717, 1.165) is 12.8 Å². The van der Waals surface area contributed by atoms with Gasteiger partial charge in [-0.2, -0.15) is 0 Å². The lowest BCUT2D eigenvalue weighted by Gasteiger charge is -2.30. The number of nitrogens with zero attached hydrogens (tertiary/aromatic N) is 2. The van der Waals surface area contributed by atoms with Crippen molar-refractivity contribution in [3.63, 3.8) is 0 Å². The first kappa shape index (κ1) is 16.0. The monoisotopic (exact) mass is 312 g/mol. The first-order valence-electron chi connectivity index (χ1n) is 7.16. The SMILES string of the molecule is COC1CCN(C(=O)c2sc(NC(C)(C)C)nc2N)CC1. The Morgan fingerprint density at radius 2 is 2.05 bits per heavy atom. The third-order valence-corrected chi connectivity index (χ3v) is 4.37. The van der Waals surface area contributed by atoms with Gasteiger partial charge >= 0.3 is 0 Å². The summed E-state index contributed by atoms with van der Waals surface area (Å²) in [6, 6.07) is 0. The van der Waals surface area contributed by atoms with E-state index < -0.39 is 0 Å². The molecule has 6 nitrogen and oxygen atoms in total. The van der Waals surface area contributed by atoms with Crippen molar-refractivity contribution in [2.45, 2.75) is 45.3 Å². The molecule has 1 amide bonds. The Hall–Kier alpha value is -1.34. The van der Waals surface area contributed by atoms with E-state index in [-0.39, 0.29) is 17.6 Å². The number of carbonyl (C=O) groups excluding carboxylic acids is 1. The predicted molar refractivity (Wildman–Crippen MR) is 85.8 cm³/mol. The molecule has 1 aliphatic heterocycles. The highest BCUT2D eigenvalue weighted by Gasteiger charge is 2.27. The van der Waals surface area contributed by atoms with Crippen molar-refractivity contribution in [3.8, 4) is 0 Å². The Morgan fingerprint density at radius 1 is 1.43 bits per heavy atom. The van der Waals surface area contributed by atoms with Crippen LogP contribution in [0.1, 0.15) is 43.3 Å². The molecule has 3 N–H and O–H groups in total. The number of ether oxygens (including phenoxy) is 1. The van der Waals surface area contributed by atoms with Gasteiger partial charge in [-0.05, 0) is 33.6 Å². The van der Waals surface area contributed by atoms with Crippen LogP contribution >= 0.6 is 11.3 Å². The number of carbonyl (C=O) groups is 1. The second-order valence-electron chi connectivity index (χ2n) is 6.34. The van der Waals surface area contributed by atoms with E-state index in [0.29, 0.717) is 28.9 Å². The first-order chi connectivity index (χ1) is 9.80. The minimum Gasteiger partial charge on any atom is -0.382 e. The minimum absolute atomic E-state index is 0.0264. The van der Waals surface area contributed by atoms with Gasteiger partial charge in [0.2, 0.25) is 0 Å². The smallest absolute Gasteiger partial charge is 0.267 e. The fourth-order valence-corrected chi connectivity index (χ4v) is 3.36. The summed E-state index contributed by atoms with van der Waals surface area (Å²) in [6.07, 6.45) is 1.99. The zero-order valence-electron chi connectivity index (χ0n) is 13.1. The van der Waals surface area contributed by atoms with Crippen LogP contribution < -0.4 is 11.1 Å². The fraction of sp³-hybridized carbons (Fsp3) is 0.714. The van der Waals surface area contributed by atoms with Crippen LogP contribution in [-0.2, 0) is 4.74 Å². The lowest BCUT2D eigenvalue weighted by Crippen LogP contribution is -2.40. The standard InChI is InChI=1S/C14H24N4O2S/c1-14(2,3)17-13-16-11(15)10(21-13)12(19)18-7-5-9(20-4)6-8-18/h9H,5-8,15H2,1-4H3,(H,16,17). The number of likely N-dealkylation sites (tertiary alicyclic amines) is 1. The third kappa shape index (κ3) is 4.07. The maximum absolute atomic E-state index is 12.5. The van der Waals surface area contributed by atoms with Crippen LogP contribution in [0.5, 0.6) is 0 Å². The van der Waals surface area contributed by atoms with Crippen molar-refractivity contribution >= 4 is 28.2 Å². The quantitative estimate of drug-likeness (QED) is 0.894. The van der Waals surface area contributed by atoms with Gasteiger partial charge in [0.25, 0.3) is 5.91 Å². The maximum atomic E-state index is 12.5. The molecule has 1 saturated heterocycles. The Bertz CT molecular complexity index is 502. The topological polar surface area (TPSA) is 80.5 Å². The van der Waals surface area contributed by atoms with E-state index in [9.17, 15) is 4.79 Å². The average molecular weight is 312 g/mol. The first-order valence-corrected chi connectivity index (χ1v) is 7.98. The van der Waals surface area contributed by atoms with Crippen LogP contribution in [0.15, 0.2) is 0 Å². The fourth-order valence-electron chi connectivity index (χ4n) is 2.30. The van der Waals surface area contributed by atoms with Gasteiger partial charge in [0.05, 0.1) is 6.10 Å². The van der Waals surface area contributed by atoms with Crippen molar-refractivity contribution in [3.05, 3.63) is 4.88 Å². The summed E-state index contributed by atoms with van der Waals surface area (Å²) in [6.45, 7) is 7.54. The zero-order chi connectivity index (χ0) is 15.6. The molecule has 0 unspecified atom stereocenters. The molecule has 0 radical (unpaired) electrons. The molecule has 0 bridgehead atoms. The number of aromatic nitrogens is 1. The number of methoxy groups -OCH3 is 1. The largest absolute Gasteiger partial charge is 0.382 e. The molecule has 1 aromatic heterocycles. The molecule has 118 valence electrons. The zero-order valence-corrected chi connectivity index (χ0v) is 13.9. The van der Waals surface area contributed by atoms with Gasteiger partial charge in [-0.3, -0.25) is 4.79 Å². The third-order valence-electron chi connectivity index (χ3n) is 3.39. The normalized spacial score (nSPS) is 17.0. The highest BCUT2D eigenvalue weighted by molar-refractivity contribution is 7.18. The number of hydrogen-bond acceptors (Lipinski definition) is 6. The Balaban J connectivity index is 2.06. The average Bonchev–Trinajstić information content (AvgIpc) is 2.76. The number of hydrogen-bond donors (Lipinski definition) is 2. The highest BCUT2D eigenvalue weighted by atomic mass is 32.1. The van der Waals surface area contributed by atoms with Crippen molar-refractivity contribution in [1.82, 2.24) is 9.88 Å². The number of rotatable bonds is 3. The molecule has 0 atom stereocenters. The minimum atomic E-state index is -0.110. The summed E-state index contributed by atoms with van der Waals surface area (Å²) in [5.74, 6) is 0.284. The summed E-state index contributed by atoms with van der Waals surface area (Å²) >= 11 is 1.32. The van der Waals surface area contributed by atoms with Gasteiger partial charge in [0, 0.05) is 25.7 Å². The number of nitrogens with two attached hydrogens (primary N) is 1. The van der Waals surface area contributed by atoms with Crippen molar-refractivity contribution in [1.29, 1.82) is 0 Å². The van der Waals surface area contributed by atoms with Gasteiger partial charge in [-0.15, -0.1) is 0 Å². The van der Waals surface area contributed by atoms with E-state index in [1.807, 2.05) is 25.7 Å². The number of amides is 1. The second kappa shape index (κ2) is 6.19. The molecule has 0 spiro atoms. The molecule has 7 heteroatoms. The van der Waals surface area contributed by atoms with E-state index >= 15 is 0 Å². The predicted octanol–water partition coefficient (Wildman–Crippen LogP) is 2.19. The van der Waals surface area contributed by atoms with Gasteiger partial charge in [0.15, 0.2) is 5.13 Å². The van der Waals surface area contributed by atoms with Gasteiger partial charge in [0.1, 0.15) is 10.7 Å². The summed E-state index contributed by atoms with van der Waals surface area (Å²) in [5, 5.41) is 3.94. The lowest BCUT2D eigenvalue weighted by molar-refractivity contribution is 0.0354. The van der Waals surface area contributed by atoms with Crippen LogP contribution in [0.25, 0.3) is 0 Å². The van der Waals surface area contributed by atoms with Gasteiger partial charge in [-0.25, -0.2) is 4.98 Å². The van der Waals surface area contributed by atoms with Crippen molar-refractivity contribution in [2.75, 3.05) is 31.2 Å². The molecule has 0 saturated carbocycles. The Morgan fingerprint density at radius 3 is 2.57 bits per heavy atom. The maximum Gasteiger partial charge on any atom is 0.267 e. The van der Waals surface area contributed by atoms with E-state index in [1.54, 1.807) is 7.11 Å². The number of thiazole rings is 1. The molecule has 2 heterocycles. The van der Waals surface area contributed by atoms with Crippen LogP contribution in [-0.4, -0.2) is 47.6 Å². The summed E-state index contributed by atoms with van der Waals surface area (Å²) < 4.78 is 5.33. The van der Waals surface area contributed by atoms with Gasteiger partial charge < -0.3 is 20.7 Å². The molecule has 2 rings (SSSR count). The van der Waals surface area contributed by atoms with Crippen LogP contribution in [0.4, 0.5) is 10.9 Å². The molecular weight excluding hydrogens is 288 g/mol.